The summed E-state index contributed by atoms with van der Waals surface area (Å²) in [5, 5.41) is 3.42. The SMILES string of the molecule is COc1ccc(C)cc1C1CNc2cc(F)cc(Cl)c2O1. The molecule has 1 aliphatic heterocycles. The molecule has 1 N–H and O–H groups in total. The highest BCUT2D eigenvalue weighted by molar-refractivity contribution is 6.32. The molecule has 0 aliphatic carbocycles. The Kier molecular flexibility index (Phi) is 3.64. The van der Waals surface area contributed by atoms with Gasteiger partial charge in [-0.05, 0) is 25.1 Å². The summed E-state index contributed by atoms with van der Waals surface area (Å²) >= 11 is 6.07. The van der Waals surface area contributed by atoms with E-state index in [0.717, 1.165) is 16.9 Å². The molecule has 1 aliphatic rings. The molecule has 0 saturated heterocycles. The van der Waals surface area contributed by atoms with Gasteiger partial charge >= 0.3 is 0 Å². The lowest BCUT2D eigenvalue weighted by Gasteiger charge is -2.29. The smallest absolute Gasteiger partial charge is 0.162 e. The Balaban J connectivity index is 1.98. The van der Waals surface area contributed by atoms with Crippen LogP contribution in [0, 0.1) is 12.7 Å². The maximum atomic E-state index is 13.3. The Morgan fingerprint density at radius 1 is 1.33 bits per heavy atom. The molecule has 5 heteroatoms. The van der Waals surface area contributed by atoms with Gasteiger partial charge in [-0.3, -0.25) is 0 Å². The minimum Gasteiger partial charge on any atom is -0.496 e. The fourth-order valence-corrected chi connectivity index (χ4v) is 2.73. The second-order valence-corrected chi connectivity index (χ2v) is 5.40. The van der Waals surface area contributed by atoms with Crippen molar-refractivity contribution < 1.29 is 13.9 Å². The molecule has 1 atom stereocenters. The molecule has 1 heterocycles. The van der Waals surface area contributed by atoms with Crippen molar-refractivity contribution in [3.05, 3.63) is 52.3 Å². The number of benzene rings is 2. The lowest BCUT2D eigenvalue weighted by Crippen LogP contribution is -2.24. The van der Waals surface area contributed by atoms with Crippen molar-refractivity contribution in [1.82, 2.24) is 0 Å². The van der Waals surface area contributed by atoms with E-state index in [2.05, 4.69) is 5.32 Å². The molecule has 0 saturated carbocycles. The van der Waals surface area contributed by atoms with E-state index in [1.807, 2.05) is 25.1 Å². The van der Waals surface area contributed by atoms with E-state index in [0.29, 0.717) is 18.0 Å². The summed E-state index contributed by atoms with van der Waals surface area (Å²) in [6, 6.07) is 8.54. The average molecular weight is 308 g/mol. The van der Waals surface area contributed by atoms with Gasteiger partial charge in [0.1, 0.15) is 17.7 Å². The van der Waals surface area contributed by atoms with E-state index >= 15 is 0 Å². The maximum Gasteiger partial charge on any atom is 0.162 e. The zero-order valence-electron chi connectivity index (χ0n) is 11.7. The first-order valence-electron chi connectivity index (χ1n) is 6.62. The van der Waals surface area contributed by atoms with Crippen molar-refractivity contribution in [2.45, 2.75) is 13.0 Å². The highest BCUT2D eigenvalue weighted by atomic mass is 35.5. The van der Waals surface area contributed by atoms with Crippen LogP contribution in [0.15, 0.2) is 30.3 Å². The number of ether oxygens (including phenoxy) is 2. The van der Waals surface area contributed by atoms with Crippen molar-refractivity contribution in [3.8, 4) is 11.5 Å². The van der Waals surface area contributed by atoms with E-state index in [4.69, 9.17) is 21.1 Å². The van der Waals surface area contributed by atoms with Gasteiger partial charge in [0.25, 0.3) is 0 Å². The molecule has 21 heavy (non-hydrogen) atoms. The highest BCUT2D eigenvalue weighted by Gasteiger charge is 2.26. The van der Waals surface area contributed by atoms with Gasteiger partial charge in [-0.15, -0.1) is 0 Å². The van der Waals surface area contributed by atoms with Crippen LogP contribution in [-0.4, -0.2) is 13.7 Å². The van der Waals surface area contributed by atoms with E-state index < -0.39 is 0 Å². The van der Waals surface area contributed by atoms with Crippen molar-refractivity contribution in [1.29, 1.82) is 0 Å². The minimum absolute atomic E-state index is 0.240. The molecular weight excluding hydrogens is 293 g/mol. The van der Waals surface area contributed by atoms with Gasteiger partial charge in [0.05, 0.1) is 24.4 Å². The Labute approximate surface area is 127 Å². The highest BCUT2D eigenvalue weighted by Crippen LogP contribution is 2.42. The van der Waals surface area contributed by atoms with Crippen LogP contribution in [0.4, 0.5) is 10.1 Å². The van der Waals surface area contributed by atoms with Crippen LogP contribution in [0.1, 0.15) is 17.2 Å². The largest absolute Gasteiger partial charge is 0.496 e. The van der Waals surface area contributed by atoms with Crippen LogP contribution in [0.25, 0.3) is 0 Å². The summed E-state index contributed by atoms with van der Waals surface area (Å²) in [4.78, 5) is 0. The van der Waals surface area contributed by atoms with E-state index in [-0.39, 0.29) is 16.9 Å². The number of halogens is 2. The van der Waals surface area contributed by atoms with Crippen LogP contribution < -0.4 is 14.8 Å². The first-order chi connectivity index (χ1) is 10.1. The number of aryl methyl sites for hydroxylation is 1. The fraction of sp³-hybridized carbons (Fsp3) is 0.250. The third kappa shape index (κ3) is 2.63. The first kappa shape index (κ1) is 14.0. The number of hydrogen-bond donors (Lipinski definition) is 1. The third-order valence-corrected chi connectivity index (χ3v) is 3.76. The van der Waals surface area contributed by atoms with Gasteiger partial charge in [-0.2, -0.15) is 0 Å². The summed E-state index contributed by atoms with van der Waals surface area (Å²) < 4.78 is 24.7. The second kappa shape index (κ2) is 5.45. The molecule has 0 fully saturated rings. The Morgan fingerprint density at radius 2 is 2.14 bits per heavy atom. The summed E-state index contributed by atoms with van der Waals surface area (Å²) in [6.07, 6.45) is -0.240. The van der Waals surface area contributed by atoms with Gasteiger partial charge in [0.2, 0.25) is 0 Å². The number of rotatable bonds is 2. The number of hydrogen-bond acceptors (Lipinski definition) is 3. The molecule has 2 aromatic carbocycles. The molecule has 110 valence electrons. The molecule has 0 aromatic heterocycles. The summed E-state index contributed by atoms with van der Waals surface area (Å²) in [5.41, 5.74) is 2.63. The molecule has 0 amide bonds. The van der Waals surface area contributed by atoms with Crippen LogP contribution in [0.3, 0.4) is 0 Å². The zero-order chi connectivity index (χ0) is 15.0. The molecule has 1 unspecified atom stereocenters. The molecular formula is C16H15ClFNO2. The fourth-order valence-electron chi connectivity index (χ4n) is 2.48. The summed E-state index contributed by atoms with van der Waals surface area (Å²) in [6.45, 7) is 2.53. The van der Waals surface area contributed by atoms with Crippen molar-refractivity contribution in [2.75, 3.05) is 19.0 Å². The Bertz CT molecular complexity index is 690. The van der Waals surface area contributed by atoms with Crippen LogP contribution in [0.5, 0.6) is 11.5 Å². The molecule has 3 rings (SSSR count). The number of methoxy groups -OCH3 is 1. The zero-order valence-corrected chi connectivity index (χ0v) is 12.5. The van der Waals surface area contributed by atoms with Gasteiger partial charge < -0.3 is 14.8 Å². The normalized spacial score (nSPS) is 16.7. The topological polar surface area (TPSA) is 30.5 Å². The lowest BCUT2D eigenvalue weighted by atomic mass is 10.0. The van der Waals surface area contributed by atoms with Crippen LogP contribution >= 0.6 is 11.6 Å². The molecule has 0 spiro atoms. The van der Waals surface area contributed by atoms with Crippen LogP contribution in [-0.2, 0) is 0 Å². The number of anilines is 1. The van der Waals surface area contributed by atoms with Gasteiger partial charge in [-0.25, -0.2) is 4.39 Å². The van der Waals surface area contributed by atoms with Crippen LogP contribution in [0.2, 0.25) is 5.02 Å². The Hall–Kier alpha value is -1.94. The predicted molar refractivity (Wildman–Crippen MR) is 81.0 cm³/mol. The Morgan fingerprint density at radius 3 is 2.90 bits per heavy atom. The monoisotopic (exact) mass is 307 g/mol. The predicted octanol–water partition coefficient (Wildman–Crippen LogP) is 4.34. The number of fused-ring (bicyclic) bond motifs is 1. The van der Waals surface area contributed by atoms with E-state index in [1.54, 1.807) is 7.11 Å². The quantitative estimate of drug-likeness (QED) is 0.895. The first-order valence-corrected chi connectivity index (χ1v) is 7.00. The lowest BCUT2D eigenvalue weighted by molar-refractivity contribution is 0.205. The number of nitrogens with one attached hydrogen (secondary N) is 1. The van der Waals surface area contributed by atoms with Gasteiger partial charge in [-0.1, -0.05) is 23.2 Å². The molecule has 2 aromatic rings. The standard InChI is InChI=1S/C16H15ClFNO2/c1-9-3-4-14(20-2)11(5-9)15-8-19-13-7-10(18)6-12(17)16(13)21-15/h3-7,15,19H,8H2,1-2H3. The van der Waals surface area contributed by atoms with E-state index in [1.165, 1.54) is 12.1 Å². The average Bonchev–Trinajstić information content (AvgIpc) is 2.47. The summed E-state index contributed by atoms with van der Waals surface area (Å²) in [7, 11) is 1.63. The minimum atomic E-state index is -0.388. The van der Waals surface area contributed by atoms with Crippen molar-refractivity contribution in [2.24, 2.45) is 0 Å². The second-order valence-electron chi connectivity index (χ2n) is 5.00. The maximum absolute atomic E-state index is 13.3. The molecule has 3 nitrogen and oxygen atoms in total. The summed E-state index contributed by atoms with van der Waals surface area (Å²) in [5.74, 6) is 0.841. The van der Waals surface area contributed by atoms with E-state index in [9.17, 15) is 4.39 Å². The van der Waals surface area contributed by atoms with Gasteiger partial charge in [0, 0.05) is 11.6 Å². The molecule has 0 radical (unpaired) electrons. The van der Waals surface area contributed by atoms with Crippen molar-refractivity contribution in [3.63, 3.8) is 0 Å². The van der Waals surface area contributed by atoms with Gasteiger partial charge in [0.15, 0.2) is 5.75 Å². The molecule has 0 bridgehead atoms. The van der Waals surface area contributed by atoms with Crippen molar-refractivity contribution >= 4 is 17.3 Å². The third-order valence-electron chi connectivity index (χ3n) is 3.48.